The summed E-state index contributed by atoms with van der Waals surface area (Å²) in [6, 6.07) is 12.0. The highest BCUT2D eigenvalue weighted by molar-refractivity contribution is 5.93. The van der Waals surface area contributed by atoms with Crippen molar-refractivity contribution in [3.63, 3.8) is 0 Å². The average molecular weight is 284 g/mol. The first-order chi connectivity index (χ1) is 10.3. The number of H-pyrrole nitrogens is 1. The molecule has 1 atom stereocenters. The SMILES string of the molecule is CNCC1CCCN1C(=O)c1cc(-c2ccccc2)n[nH]1. The first-order valence-electron chi connectivity index (χ1n) is 7.36. The van der Waals surface area contributed by atoms with E-state index in [4.69, 9.17) is 0 Å². The van der Waals surface area contributed by atoms with E-state index in [9.17, 15) is 4.79 Å². The molecule has 2 heterocycles. The molecule has 1 aromatic carbocycles. The van der Waals surface area contributed by atoms with Gasteiger partial charge in [0.05, 0.1) is 5.69 Å². The van der Waals surface area contributed by atoms with Gasteiger partial charge in [-0.1, -0.05) is 30.3 Å². The Hall–Kier alpha value is -2.14. The molecule has 1 aromatic heterocycles. The van der Waals surface area contributed by atoms with Gasteiger partial charge in [0, 0.05) is 24.7 Å². The van der Waals surface area contributed by atoms with Crippen LogP contribution in [0.2, 0.25) is 0 Å². The molecule has 0 spiro atoms. The standard InChI is InChI=1S/C16H20N4O/c1-17-11-13-8-5-9-20(13)16(21)15-10-14(18-19-15)12-6-3-2-4-7-12/h2-4,6-7,10,13,17H,5,8-9,11H2,1H3,(H,18,19). The lowest BCUT2D eigenvalue weighted by atomic mass is 10.1. The van der Waals surface area contributed by atoms with Crippen LogP contribution >= 0.6 is 0 Å². The summed E-state index contributed by atoms with van der Waals surface area (Å²) < 4.78 is 0. The van der Waals surface area contributed by atoms with Crippen LogP contribution in [0.4, 0.5) is 0 Å². The smallest absolute Gasteiger partial charge is 0.272 e. The van der Waals surface area contributed by atoms with Crippen LogP contribution in [0.1, 0.15) is 23.3 Å². The van der Waals surface area contributed by atoms with Crippen LogP contribution in [-0.4, -0.2) is 47.2 Å². The maximum Gasteiger partial charge on any atom is 0.272 e. The van der Waals surface area contributed by atoms with Crippen molar-refractivity contribution in [1.82, 2.24) is 20.4 Å². The number of carbonyl (C=O) groups excluding carboxylic acids is 1. The molecule has 3 rings (SSSR count). The molecule has 110 valence electrons. The van der Waals surface area contributed by atoms with Gasteiger partial charge in [0.1, 0.15) is 5.69 Å². The molecule has 1 aliphatic rings. The van der Waals surface area contributed by atoms with Crippen molar-refractivity contribution in [2.75, 3.05) is 20.1 Å². The number of amides is 1. The van der Waals surface area contributed by atoms with Crippen LogP contribution in [0, 0.1) is 0 Å². The van der Waals surface area contributed by atoms with E-state index in [0.717, 1.165) is 37.2 Å². The number of nitrogens with one attached hydrogen (secondary N) is 2. The molecule has 5 heteroatoms. The van der Waals surface area contributed by atoms with Gasteiger partial charge in [0.15, 0.2) is 0 Å². The van der Waals surface area contributed by atoms with E-state index >= 15 is 0 Å². The van der Waals surface area contributed by atoms with E-state index in [2.05, 4.69) is 15.5 Å². The van der Waals surface area contributed by atoms with E-state index in [-0.39, 0.29) is 11.9 Å². The van der Waals surface area contributed by atoms with Gasteiger partial charge in [-0.05, 0) is 26.0 Å². The van der Waals surface area contributed by atoms with Gasteiger partial charge in [-0.25, -0.2) is 0 Å². The van der Waals surface area contributed by atoms with Crippen molar-refractivity contribution in [3.05, 3.63) is 42.1 Å². The number of likely N-dealkylation sites (N-methyl/N-ethyl adjacent to an activating group) is 1. The molecule has 0 radical (unpaired) electrons. The van der Waals surface area contributed by atoms with Crippen LogP contribution < -0.4 is 5.32 Å². The lowest BCUT2D eigenvalue weighted by Gasteiger charge is -2.23. The summed E-state index contributed by atoms with van der Waals surface area (Å²) in [7, 11) is 1.92. The predicted molar refractivity (Wildman–Crippen MR) is 82.0 cm³/mol. The predicted octanol–water partition coefficient (Wildman–Crippen LogP) is 1.90. The highest BCUT2D eigenvalue weighted by Gasteiger charge is 2.29. The summed E-state index contributed by atoms with van der Waals surface area (Å²) in [5.41, 5.74) is 2.39. The molecule has 1 aliphatic heterocycles. The van der Waals surface area contributed by atoms with E-state index < -0.39 is 0 Å². The fourth-order valence-corrected chi connectivity index (χ4v) is 2.89. The number of aromatic amines is 1. The molecule has 0 aliphatic carbocycles. The van der Waals surface area contributed by atoms with Crippen LogP contribution in [-0.2, 0) is 0 Å². The van der Waals surface area contributed by atoms with Crippen LogP contribution in [0.5, 0.6) is 0 Å². The fraction of sp³-hybridized carbons (Fsp3) is 0.375. The summed E-state index contributed by atoms with van der Waals surface area (Å²) in [5, 5.41) is 10.3. The molecule has 1 saturated heterocycles. The Morgan fingerprint density at radius 1 is 1.43 bits per heavy atom. The summed E-state index contributed by atoms with van der Waals surface area (Å²) in [5.74, 6) is 0.0439. The normalized spacial score (nSPS) is 18.1. The van der Waals surface area contributed by atoms with Crippen LogP contribution in [0.3, 0.4) is 0 Å². The second kappa shape index (κ2) is 6.10. The van der Waals surface area contributed by atoms with Gasteiger partial charge in [-0.3, -0.25) is 9.89 Å². The fourth-order valence-electron chi connectivity index (χ4n) is 2.89. The number of hydrogen-bond acceptors (Lipinski definition) is 3. The molecule has 5 nitrogen and oxygen atoms in total. The Morgan fingerprint density at radius 3 is 3.00 bits per heavy atom. The summed E-state index contributed by atoms with van der Waals surface area (Å²) in [6.07, 6.45) is 2.13. The highest BCUT2D eigenvalue weighted by atomic mass is 16.2. The van der Waals surface area contributed by atoms with Gasteiger partial charge in [-0.15, -0.1) is 0 Å². The molecule has 21 heavy (non-hydrogen) atoms. The van der Waals surface area contributed by atoms with Gasteiger partial charge in [-0.2, -0.15) is 5.10 Å². The molecule has 2 aromatic rings. The van der Waals surface area contributed by atoms with Crippen molar-refractivity contribution in [1.29, 1.82) is 0 Å². The van der Waals surface area contributed by atoms with E-state index in [0.29, 0.717) is 5.69 Å². The third-order valence-corrected chi connectivity index (χ3v) is 3.96. The van der Waals surface area contributed by atoms with Gasteiger partial charge < -0.3 is 10.2 Å². The number of hydrogen-bond donors (Lipinski definition) is 2. The maximum absolute atomic E-state index is 12.6. The van der Waals surface area contributed by atoms with Gasteiger partial charge >= 0.3 is 0 Å². The molecule has 2 N–H and O–H groups in total. The quantitative estimate of drug-likeness (QED) is 0.901. The zero-order chi connectivity index (χ0) is 14.7. The second-order valence-electron chi connectivity index (χ2n) is 5.39. The first-order valence-corrected chi connectivity index (χ1v) is 7.36. The number of carbonyl (C=O) groups is 1. The van der Waals surface area contributed by atoms with E-state index in [1.54, 1.807) is 0 Å². The molecular weight excluding hydrogens is 264 g/mol. The zero-order valence-corrected chi connectivity index (χ0v) is 12.2. The van der Waals surface area contributed by atoms with Crippen LogP contribution in [0.15, 0.2) is 36.4 Å². The minimum Gasteiger partial charge on any atom is -0.333 e. The number of aromatic nitrogens is 2. The number of likely N-dealkylation sites (tertiary alicyclic amines) is 1. The Kier molecular flexibility index (Phi) is 4.01. The van der Waals surface area contributed by atoms with Crippen molar-refractivity contribution < 1.29 is 4.79 Å². The molecule has 1 amide bonds. The molecule has 1 unspecified atom stereocenters. The number of nitrogens with zero attached hydrogens (tertiary/aromatic N) is 2. The maximum atomic E-state index is 12.6. The lowest BCUT2D eigenvalue weighted by Crippen LogP contribution is -2.41. The average Bonchev–Trinajstić information content (AvgIpc) is 3.17. The van der Waals surface area contributed by atoms with Crippen molar-refractivity contribution >= 4 is 5.91 Å². The third kappa shape index (κ3) is 2.83. The van der Waals surface area contributed by atoms with Crippen molar-refractivity contribution in [2.45, 2.75) is 18.9 Å². The molecule has 0 bridgehead atoms. The molecular formula is C16H20N4O. The van der Waals surface area contributed by atoms with Gasteiger partial charge in [0.25, 0.3) is 5.91 Å². The highest BCUT2D eigenvalue weighted by Crippen LogP contribution is 2.22. The largest absolute Gasteiger partial charge is 0.333 e. The Bertz CT molecular complexity index is 608. The lowest BCUT2D eigenvalue weighted by molar-refractivity contribution is 0.0731. The van der Waals surface area contributed by atoms with Crippen molar-refractivity contribution in [3.8, 4) is 11.3 Å². The number of rotatable bonds is 4. The van der Waals surface area contributed by atoms with Crippen molar-refractivity contribution in [2.24, 2.45) is 0 Å². The second-order valence-corrected chi connectivity index (χ2v) is 5.39. The Balaban J connectivity index is 1.78. The number of benzene rings is 1. The Labute approximate surface area is 124 Å². The monoisotopic (exact) mass is 284 g/mol. The van der Waals surface area contributed by atoms with E-state index in [1.165, 1.54) is 0 Å². The van der Waals surface area contributed by atoms with E-state index in [1.807, 2.05) is 48.3 Å². The Morgan fingerprint density at radius 2 is 2.24 bits per heavy atom. The first kappa shape index (κ1) is 13.8. The van der Waals surface area contributed by atoms with Crippen LogP contribution in [0.25, 0.3) is 11.3 Å². The minimum absolute atomic E-state index is 0.0439. The third-order valence-electron chi connectivity index (χ3n) is 3.96. The molecule has 1 fully saturated rings. The topological polar surface area (TPSA) is 61.0 Å². The molecule has 0 saturated carbocycles. The summed E-state index contributed by atoms with van der Waals surface area (Å²) >= 11 is 0. The minimum atomic E-state index is 0.0439. The summed E-state index contributed by atoms with van der Waals surface area (Å²) in [6.45, 7) is 1.66. The summed E-state index contributed by atoms with van der Waals surface area (Å²) in [4.78, 5) is 14.5. The zero-order valence-electron chi connectivity index (χ0n) is 12.2. The van der Waals surface area contributed by atoms with Gasteiger partial charge in [0.2, 0.25) is 0 Å².